The number of nitrogens with zero attached hydrogens (tertiary/aromatic N) is 1. The largest absolute Gasteiger partial charge is 0.495 e. The molecule has 0 fully saturated rings. The second-order valence-corrected chi connectivity index (χ2v) is 6.81. The molecule has 0 bridgehead atoms. The highest BCUT2D eigenvalue weighted by Crippen LogP contribution is 2.25. The molecule has 0 aromatic heterocycles. The Balaban J connectivity index is 2.19. The molecule has 0 heterocycles. The van der Waals surface area contributed by atoms with E-state index in [1.165, 1.54) is 32.4 Å². The second-order valence-electron chi connectivity index (χ2n) is 4.96. The number of hydrogen-bond acceptors (Lipinski definition) is 6. The minimum Gasteiger partial charge on any atom is -0.495 e. The number of carbonyl (C=O) groups is 1. The molecule has 0 spiro atoms. The molecule has 0 amide bonds. The molecule has 8 heteroatoms. The van der Waals surface area contributed by atoms with Gasteiger partial charge in [-0.15, -0.1) is 0 Å². The van der Waals surface area contributed by atoms with Crippen molar-refractivity contribution in [3.05, 3.63) is 59.2 Å². The van der Waals surface area contributed by atoms with E-state index in [1.54, 1.807) is 24.3 Å². The number of hydrogen-bond donors (Lipinski definition) is 1. The van der Waals surface area contributed by atoms with Gasteiger partial charge in [0.25, 0.3) is 0 Å². The van der Waals surface area contributed by atoms with Crippen molar-refractivity contribution in [2.24, 2.45) is 0 Å². The number of sulfonamides is 1. The maximum atomic E-state index is 12.2. The van der Waals surface area contributed by atoms with Gasteiger partial charge in [0.1, 0.15) is 17.3 Å². The average Bonchev–Trinajstić information content (AvgIpc) is 2.65. The lowest BCUT2D eigenvalue weighted by molar-refractivity contribution is 0.0472. The van der Waals surface area contributed by atoms with E-state index in [1.807, 2.05) is 6.07 Å². The summed E-state index contributed by atoms with van der Waals surface area (Å²) in [5.74, 6) is -0.544. The van der Waals surface area contributed by atoms with Gasteiger partial charge in [-0.2, -0.15) is 5.26 Å². The minimum absolute atomic E-state index is 0.00465. The highest BCUT2D eigenvalue weighted by molar-refractivity contribution is 7.89. The quantitative estimate of drug-likeness (QED) is 0.788. The summed E-state index contributed by atoms with van der Waals surface area (Å²) in [6, 6.07) is 12.6. The van der Waals surface area contributed by atoms with Crippen molar-refractivity contribution in [2.75, 3.05) is 14.2 Å². The van der Waals surface area contributed by atoms with Crippen molar-refractivity contribution >= 4 is 16.0 Å². The highest BCUT2D eigenvalue weighted by Gasteiger charge is 2.20. The summed E-state index contributed by atoms with van der Waals surface area (Å²) in [5, 5.41) is 8.75. The first-order valence-electron chi connectivity index (χ1n) is 7.19. The number of rotatable bonds is 6. The fourth-order valence-corrected chi connectivity index (χ4v) is 2.95. The van der Waals surface area contributed by atoms with Gasteiger partial charge >= 0.3 is 5.97 Å². The van der Waals surface area contributed by atoms with Gasteiger partial charge in [0.2, 0.25) is 10.0 Å². The lowest BCUT2D eigenvalue weighted by Crippen LogP contribution is -2.20. The van der Waals surface area contributed by atoms with E-state index >= 15 is 0 Å². The topological polar surface area (TPSA) is 105 Å². The molecule has 0 radical (unpaired) electrons. The third kappa shape index (κ3) is 4.35. The molecular weight excluding hydrogens is 344 g/mol. The third-order valence-electron chi connectivity index (χ3n) is 3.41. The van der Waals surface area contributed by atoms with E-state index in [9.17, 15) is 13.2 Å². The van der Waals surface area contributed by atoms with Gasteiger partial charge in [-0.1, -0.05) is 12.1 Å². The molecule has 0 unspecified atom stereocenters. The molecule has 2 rings (SSSR count). The van der Waals surface area contributed by atoms with Crippen LogP contribution in [0, 0.1) is 11.3 Å². The van der Waals surface area contributed by atoms with Crippen molar-refractivity contribution in [1.29, 1.82) is 5.26 Å². The summed E-state index contributed by atoms with van der Waals surface area (Å²) >= 11 is 0. The number of benzene rings is 2. The molecule has 0 aliphatic rings. The molecule has 2 aromatic rings. The van der Waals surface area contributed by atoms with Crippen molar-refractivity contribution in [3.63, 3.8) is 0 Å². The number of ether oxygens (including phenoxy) is 2. The Hall–Kier alpha value is -2.89. The molecule has 2 aromatic carbocycles. The Morgan fingerprint density at radius 2 is 1.88 bits per heavy atom. The zero-order valence-corrected chi connectivity index (χ0v) is 14.5. The number of carbonyl (C=O) groups excluding carboxylic acids is 1. The molecule has 0 aliphatic heterocycles. The standard InChI is InChI=1S/C17H16N2O5S/c1-19-25(21,22)16-9-14(7-8-15(16)23-2)17(20)24-11-13-5-3-12(10-18)4-6-13/h3-9,19H,11H2,1-2H3. The second kappa shape index (κ2) is 7.79. The SMILES string of the molecule is CNS(=O)(=O)c1cc(C(=O)OCc2ccc(C#N)cc2)ccc1OC. The first-order chi connectivity index (χ1) is 11.9. The third-order valence-corrected chi connectivity index (χ3v) is 4.85. The number of nitrogens with one attached hydrogen (secondary N) is 1. The van der Waals surface area contributed by atoms with Gasteiger partial charge in [-0.05, 0) is 42.9 Å². The Morgan fingerprint density at radius 1 is 1.20 bits per heavy atom. The molecule has 0 saturated carbocycles. The maximum Gasteiger partial charge on any atom is 0.338 e. The summed E-state index contributed by atoms with van der Waals surface area (Å²) in [4.78, 5) is 12.0. The lowest BCUT2D eigenvalue weighted by atomic mass is 10.1. The predicted octanol–water partition coefficient (Wildman–Crippen LogP) is 1.83. The predicted molar refractivity (Wildman–Crippen MR) is 89.5 cm³/mol. The summed E-state index contributed by atoms with van der Waals surface area (Å²) in [6.07, 6.45) is 0. The minimum atomic E-state index is -3.79. The Kier molecular flexibility index (Phi) is 5.75. The Bertz CT molecular complexity index is 915. The van der Waals surface area contributed by atoms with Gasteiger partial charge in [-0.25, -0.2) is 17.9 Å². The van der Waals surface area contributed by atoms with E-state index < -0.39 is 16.0 Å². The van der Waals surface area contributed by atoms with E-state index in [2.05, 4.69) is 4.72 Å². The average molecular weight is 360 g/mol. The van der Waals surface area contributed by atoms with Crippen molar-refractivity contribution < 1.29 is 22.7 Å². The van der Waals surface area contributed by atoms with Gasteiger partial charge in [0.05, 0.1) is 24.3 Å². The van der Waals surface area contributed by atoms with Crippen LogP contribution in [0.3, 0.4) is 0 Å². The fourth-order valence-electron chi connectivity index (χ4n) is 2.03. The van der Waals surface area contributed by atoms with Crippen LogP contribution in [-0.4, -0.2) is 28.5 Å². The van der Waals surface area contributed by atoms with Gasteiger partial charge in [0.15, 0.2) is 0 Å². The monoisotopic (exact) mass is 360 g/mol. The van der Waals surface area contributed by atoms with E-state index in [4.69, 9.17) is 14.7 Å². The van der Waals surface area contributed by atoms with Crippen LogP contribution >= 0.6 is 0 Å². The van der Waals surface area contributed by atoms with Crippen LogP contribution in [0.1, 0.15) is 21.5 Å². The number of nitriles is 1. The maximum absolute atomic E-state index is 12.2. The van der Waals surface area contributed by atoms with Gasteiger partial charge in [-0.3, -0.25) is 0 Å². The van der Waals surface area contributed by atoms with Crippen LogP contribution in [-0.2, 0) is 21.4 Å². The number of esters is 1. The number of methoxy groups -OCH3 is 1. The van der Waals surface area contributed by atoms with Crippen LogP contribution < -0.4 is 9.46 Å². The molecule has 130 valence electrons. The van der Waals surface area contributed by atoms with Gasteiger partial charge in [0, 0.05) is 0 Å². The molecule has 0 atom stereocenters. The lowest BCUT2D eigenvalue weighted by Gasteiger charge is -2.11. The molecule has 25 heavy (non-hydrogen) atoms. The van der Waals surface area contributed by atoms with Crippen LogP contribution in [0.15, 0.2) is 47.4 Å². The first kappa shape index (κ1) is 18.4. The van der Waals surface area contributed by atoms with Gasteiger partial charge < -0.3 is 9.47 Å². The molecule has 7 nitrogen and oxygen atoms in total. The summed E-state index contributed by atoms with van der Waals surface area (Å²) < 4.78 is 36.4. The van der Waals surface area contributed by atoms with Crippen LogP contribution in [0.2, 0.25) is 0 Å². The summed E-state index contributed by atoms with van der Waals surface area (Å²) in [7, 11) is -1.18. The Morgan fingerprint density at radius 3 is 2.44 bits per heavy atom. The first-order valence-corrected chi connectivity index (χ1v) is 8.67. The highest BCUT2D eigenvalue weighted by atomic mass is 32.2. The van der Waals surface area contributed by atoms with Crippen LogP contribution in [0.5, 0.6) is 5.75 Å². The van der Waals surface area contributed by atoms with Crippen molar-refractivity contribution in [1.82, 2.24) is 4.72 Å². The molecule has 0 saturated heterocycles. The molecular formula is C17H16N2O5S. The van der Waals surface area contributed by atoms with E-state index in [-0.39, 0.29) is 22.8 Å². The molecule has 0 aliphatic carbocycles. The van der Waals surface area contributed by atoms with Crippen molar-refractivity contribution in [2.45, 2.75) is 11.5 Å². The zero-order valence-electron chi connectivity index (χ0n) is 13.6. The smallest absolute Gasteiger partial charge is 0.338 e. The van der Waals surface area contributed by atoms with E-state index in [0.717, 1.165) is 0 Å². The Labute approximate surface area is 145 Å². The fraction of sp³-hybridized carbons (Fsp3) is 0.176. The zero-order chi connectivity index (χ0) is 18.4. The summed E-state index contributed by atoms with van der Waals surface area (Å²) in [6.45, 7) is 0.00465. The normalized spacial score (nSPS) is 10.8. The van der Waals surface area contributed by atoms with E-state index in [0.29, 0.717) is 11.1 Å². The summed E-state index contributed by atoms with van der Waals surface area (Å²) in [5.41, 5.74) is 1.30. The molecule has 1 N–H and O–H groups in total. The van der Waals surface area contributed by atoms with Crippen molar-refractivity contribution in [3.8, 4) is 11.8 Å². The van der Waals surface area contributed by atoms with Crippen LogP contribution in [0.25, 0.3) is 0 Å². The van der Waals surface area contributed by atoms with Crippen LogP contribution in [0.4, 0.5) is 0 Å².